The number of nitrogens with zero attached hydrogens (tertiary/aromatic N) is 3. The minimum atomic E-state index is 0. The number of aromatic nitrogens is 1. The highest BCUT2D eigenvalue weighted by Crippen LogP contribution is 2.30. The summed E-state index contributed by atoms with van der Waals surface area (Å²) >= 11 is 0. The van der Waals surface area contributed by atoms with E-state index in [2.05, 4.69) is 41.5 Å². The Kier molecular flexibility index (Phi) is 11.1. The summed E-state index contributed by atoms with van der Waals surface area (Å²) in [6.07, 6.45) is 3.14. The van der Waals surface area contributed by atoms with E-state index in [9.17, 15) is 0 Å². The van der Waals surface area contributed by atoms with Crippen LogP contribution in [0, 0.1) is 0 Å². The molecule has 184 valence electrons. The van der Waals surface area contributed by atoms with Crippen molar-refractivity contribution in [3.63, 3.8) is 0 Å². The number of hydrogen-bond acceptors (Lipinski definition) is 6. The fraction of sp³-hybridized carbons (Fsp3) is 0.583. The summed E-state index contributed by atoms with van der Waals surface area (Å²) < 4.78 is 16.4. The van der Waals surface area contributed by atoms with Crippen molar-refractivity contribution in [2.45, 2.75) is 58.5 Å². The molecule has 1 aromatic heterocycles. The van der Waals surface area contributed by atoms with Gasteiger partial charge in [-0.1, -0.05) is 19.0 Å². The average Bonchev–Trinajstić information content (AvgIpc) is 3.48. The van der Waals surface area contributed by atoms with E-state index in [-0.39, 0.29) is 24.0 Å². The van der Waals surface area contributed by atoms with Crippen LogP contribution in [0.2, 0.25) is 0 Å². The van der Waals surface area contributed by atoms with Crippen molar-refractivity contribution in [3.8, 4) is 11.5 Å². The predicted molar refractivity (Wildman–Crippen MR) is 143 cm³/mol. The molecule has 9 heteroatoms. The van der Waals surface area contributed by atoms with Gasteiger partial charge in [0.25, 0.3) is 0 Å². The number of aliphatic imine (C=N–C) groups is 1. The molecule has 1 aromatic carbocycles. The minimum absolute atomic E-state index is 0. The summed E-state index contributed by atoms with van der Waals surface area (Å²) in [6.45, 7) is 9.52. The van der Waals surface area contributed by atoms with Crippen LogP contribution in [0.15, 0.2) is 33.8 Å². The molecule has 0 aliphatic carbocycles. The largest absolute Gasteiger partial charge is 0.497 e. The van der Waals surface area contributed by atoms with Crippen molar-refractivity contribution in [3.05, 3.63) is 35.7 Å². The molecule has 0 spiro atoms. The van der Waals surface area contributed by atoms with Crippen molar-refractivity contribution in [2.24, 2.45) is 4.99 Å². The van der Waals surface area contributed by atoms with E-state index in [0.29, 0.717) is 18.5 Å². The zero-order valence-electron chi connectivity index (χ0n) is 20.4. The molecule has 0 radical (unpaired) electrons. The molecule has 2 heterocycles. The smallest absolute Gasteiger partial charge is 0.191 e. The van der Waals surface area contributed by atoms with Crippen LogP contribution < -0.4 is 25.0 Å². The maximum absolute atomic E-state index is 5.52. The quantitative estimate of drug-likeness (QED) is 0.246. The number of halogens is 1. The van der Waals surface area contributed by atoms with E-state index >= 15 is 0 Å². The van der Waals surface area contributed by atoms with Crippen LogP contribution in [0.4, 0.5) is 5.69 Å². The number of benzene rings is 1. The molecule has 0 saturated carbocycles. The maximum Gasteiger partial charge on any atom is 0.191 e. The van der Waals surface area contributed by atoms with Crippen LogP contribution in [0.25, 0.3) is 0 Å². The molecule has 2 N–H and O–H groups in total. The van der Waals surface area contributed by atoms with Crippen LogP contribution in [0.1, 0.15) is 57.4 Å². The van der Waals surface area contributed by atoms with E-state index in [1.807, 2.05) is 24.3 Å². The molecule has 1 atom stereocenters. The van der Waals surface area contributed by atoms with E-state index in [1.165, 1.54) is 0 Å². The van der Waals surface area contributed by atoms with Gasteiger partial charge in [-0.2, -0.15) is 0 Å². The Morgan fingerprint density at radius 1 is 1.15 bits per heavy atom. The Hall–Kier alpha value is -2.17. The molecule has 8 nitrogen and oxygen atoms in total. The topological polar surface area (TPSA) is 84.2 Å². The second-order valence-electron chi connectivity index (χ2n) is 8.07. The predicted octanol–water partition coefficient (Wildman–Crippen LogP) is 4.55. The Bertz CT molecular complexity index is 862. The van der Waals surface area contributed by atoms with Crippen LogP contribution in [0.3, 0.4) is 0 Å². The van der Waals surface area contributed by atoms with Gasteiger partial charge in [0.2, 0.25) is 0 Å². The van der Waals surface area contributed by atoms with Gasteiger partial charge in [0.05, 0.1) is 19.9 Å². The van der Waals surface area contributed by atoms with Crippen molar-refractivity contribution in [1.29, 1.82) is 0 Å². The summed E-state index contributed by atoms with van der Waals surface area (Å²) in [5.41, 5.74) is 2.13. The van der Waals surface area contributed by atoms with E-state index in [1.54, 1.807) is 14.2 Å². The Morgan fingerprint density at radius 2 is 1.85 bits per heavy atom. The third kappa shape index (κ3) is 7.41. The van der Waals surface area contributed by atoms with Gasteiger partial charge >= 0.3 is 0 Å². The SMILES string of the molecule is CCNC(=NCc1cc(C(CC)CC)no1)NC1CCN(c2cc(OC)cc(OC)c2)C1.I. The third-order valence-corrected chi connectivity index (χ3v) is 5.95. The summed E-state index contributed by atoms with van der Waals surface area (Å²) in [5.74, 6) is 3.63. The number of guanidine groups is 1. The summed E-state index contributed by atoms with van der Waals surface area (Å²) in [4.78, 5) is 7.06. The number of nitrogens with one attached hydrogen (secondary N) is 2. The van der Waals surface area contributed by atoms with Crippen LogP contribution >= 0.6 is 24.0 Å². The molecule has 1 saturated heterocycles. The summed E-state index contributed by atoms with van der Waals surface area (Å²) in [7, 11) is 3.35. The average molecular weight is 572 g/mol. The first-order valence-electron chi connectivity index (χ1n) is 11.6. The highest BCUT2D eigenvalue weighted by atomic mass is 127. The first-order chi connectivity index (χ1) is 15.6. The van der Waals surface area contributed by atoms with E-state index < -0.39 is 0 Å². The van der Waals surface area contributed by atoms with Gasteiger partial charge in [0.1, 0.15) is 18.0 Å². The van der Waals surface area contributed by atoms with Gasteiger partial charge < -0.3 is 29.5 Å². The maximum atomic E-state index is 5.52. The molecule has 2 aromatic rings. The van der Waals surface area contributed by atoms with Crippen LogP contribution in [-0.2, 0) is 6.54 Å². The summed E-state index contributed by atoms with van der Waals surface area (Å²) in [5, 5.41) is 11.2. The lowest BCUT2D eigenvalue weighted by Crippen LogP contribution is -2.44. The van der Waals surface area contributed by atoms with Gasteiger partial charge in [-0.3, -0.25) is 0 Å². The van der Waals surface area contributed by atoms with E-state index in [4.69, 9.17) is 19.0 Å². The van der Waals surface area contributed by atoms with Crippen LogP contribution in [-0.4, -0.2) is 51.0 Å². The fourth-order valence-electron chi connectivity index (χ4n) is 4.06. The lowest BCUT2D eigenvalue weighted by atomic mass is 9.99. The number of anilines is 1. The molecular formula is C24H38IN5O3. The van der Waals surface area contributed by atoms with Crippen molar-refractivity contribution < 1.29 is 14.0 Å². The van der Waals surface area contributed by atoms with E-state index in [0.717, 1.165) is 73.5 Å². The molecule has 3 rings (SSSR count). The minimum Gasteiger partial charge on any atom is -0.497 e. The number of hydrogen-bond donors (Lipinski definition) is 2. The van der Waals surface area contributed by atoms with Gasteiger partial charge in [-0.25, -0.2) is 4.99 Å². The van der Waals surface area contributed by atoms with Gasteiger partial charge in [0.15, 0.2) is 11.7 Å². The van der Waals surface area contributed by atoms with Crippen molar-refractivity contribution >= 4 is 35.6 Å². The molecule has 1 unspecified atom stereocenters. The number of ether oxygens (including phenoxy) is 2. The first-order valence-corrected chi connectivity index (χ1v) is 11.6. The lowest BCUT2D eigenvalue weighted by molar-refractivity contribution is 0.372. The standard InChI is InChI=1S/C24H37N5O3.HI/c1-6-17(7-2)23-14-22(32-28-23)15-26-24(25-8-3)27-18-9-10-29(16-18)19-11-20(30-4)13-21(12-19)31-5;/h11-14,17-18H,6-10,15-16H2,1-5H3,(H2,25,26,27);1H. The third-order valence-electron chi connectivity index (χ3n) is 5.95. The van der Waals surface area contributed by atoms with Gasteiger partial charge in [-0.15, -0.1) is 24.0 Å². The number of rotatable bonds is 10. The summed E-state index contributed by atoms with van der Waals surface area (Å²) in [6, 6.07) is 8.32. The first kappa shape index (κ1) is 27.1. The fourth-order valence-corrected chi connectivity index (χ4v) is 4.06. The number of methoxy groups -OCH3 is 2. The van der Waals surface area contributed by atoms with Gasteiger partial charge in [0, 0.05) is 61.5 Å². The molecule has 1 fully saturated rings. The highest BCUT2D eigenvalue weighted by Gasteiger charge is 2.24. The molecule has 1 aliphatic heterocycles. The monoisotopic (exact) mass is 571 g/mol. The molecule has 0 amide bonds. The second-order valence-corrected chi connectivity index (χ2v) is 8.07. The molecule has 1 aliphatic rings. The zero-order chi connectivity index (χ0) is 22.9. The van der Waals surface area contributed by atoms with Crippen molar-refractivity contribution in [1.82, 2.24) is 15.8 Å². The Labute approximate surface area is 214 Å². The molecule has 33 heavy (non-hydrogen) atoms. The lowest BCUT2D eigenvalue weighted by Gasteiger charge is -2.21. The normalized spacial score (nSPS) is 16.0. The molecular weight excluding hydrogens is 533 g/mol. The molecule has 0 bridgehead atoms. The van der Waals surface area contributed by atoms with Crippen LogP contribution in [0.5, 0.6) is 11.5 Å². The Morgan fingerprint density at radius 3 is 2.45 bits per heavy atom. The second kappa shape index (κ2) is 13.5. The Balaban J connectivity index is 0.00000385. The highest BCUT2D eigenvalue weighted by molar-refractivity contribution is 14.0. The van der Waals surface area contributed by atoms with Gasteiger partial charge in [-0.05, 0) is 26.2 Å². The van der Waals surface area contributed by atoms with Crippen molar-refractivity contribution in [2.75, 3.05) is 38.8 Å². The zero-order valence-corrected chi connectivity index (χ0v) is 22.7.